The molecule has 26 atom stereocenters. The van der Waals surface area contributed by atoms with Gasteiger partial charge in [-0.1, -0.05) is 0 Å². The summed E-state index contributed by atoms with van der Waals surface area (Å²) in [7, 11) is 6.36. The topological polar surface area (TPSA) is 912 Å². The molecule has 7 amide bonds. The molecule has 1 fully saturated rings. The van der Waals surface area contributed by atoms with Gasteiger partial charge < -0.3 is 201 Å². The monoisotopic (exact) mass is 1710 g/mol. The predicted molar refractivity (Wildman–Crippen MR) is 381 cm³/mol. The quantitative estimate of drug-likeness (QED) is 0.0251. The van der Waals surface area contributed by atoms with Gasteiger partial charge in [-0.3, -0.25) is 62.6 Å². The summed E-state index contributed by atoms with van der Waals surface area (Å²) in [6, 6.07) is -1.75. The summed E-state index contributed by atoms with van der Waals surface area (Å²) in [6.07, 6.45) is -63.4. The maximum absolute atomic E-state index is 14.1. The number of Topliss-reactive ketones (excluding diaryl/α,β-unsaturated/α-hetero) is 1. The van der Waals surface area contributed by atoms with Crippen molar-refractivity contribution in [3.05, 3.63) is 13.6 Å². The van der Waals surface area contributed by atoms with Gasteiger partial charge in [-0.25, -0.2) is 0 Å². The molecule has 52 nitrogen and oxygen atoms in total. The molecule has 0 aromatic rings. The van der Waals surface area contributed by atoms with Crippen LogP contribution in [0.4, 0.5) is 0 Å². The highest BCUT2D eigenvalue weighted by atomic mass is 16.4. The molecule has 0 aromatic carbocycles. The second-order valence-electron chi connectivity index (χ2n) is 28.7. The van der Waals surface area contributed by atoms with E-state index in [1.54, 1.807) is 0 Å². The molecule has 0 bridgehead atoms. The minimum atomic E-state index is -2.73. The van der Waals surface area contributed by atoms with Crippen LogP contribution in [0.1, 0.15) is 45.4 Å². The average Bonchev–Trinajstić information content (AvgIpc) is 1.69. The van der Waals surface area contributed by atoms with Gasteiger partial charge in [0.1, 0.15) is 122 Å². The van der Waals surface area contributed by atoms with E-state index in [0.29, 0.717) is 0 Å². The first kappa shape index (κ1) is 109. The summed E-state index contributed by atoms with van der Waals surface area (Å²) in [5, 5.41) is 339. The van der Waals surface area contributed by atoms with Gasteiger partial charge in [0, 0.05) is 121 Å². The van der Waals surface area contributed by atoms with E-state index in [4.69, 9.17) is 7.05 Å². The lowest BCUT2D eigenvalue weighted by atomic mass is 9.80. The number of carbonyl (C=O) groups excluding carboxylic acids is 8. The molecule has 0 aliphatic carbocycles. The molecule has 0 spiro atoms. The molecule has 679 valence electrons. The summed E-state index contributed by atoms with van der Waals surface area (Å²) in [5.41, 5.74) is -6.09. The standard InChI is InChI=1S/C65H117N10O42/c1-63(73(2)12-38(91)92)26-74(9-3-4-36(89)66-19-64(8-7-29(82)39(93)46(100)40(94)30(83)13-76,20-68-57(111)52(106)47(101)41(95)31(84)14-77)21-69-58(112)53(107)48(102)42(96)32(85)15-78)10-11-75(27-63)28(62(116)117)5-6-37(90)67-22-65(23-70-59(113)54(108)49(103)43(97)33(86)16-79,24-71-60(114)55(109)50(104)44(98)34(87)17-80)25-72-61(115)56(110)51(105)45(99)35(88)18-81/h2,9,28,30-35,39-56,76-81,83-88,93-110H,3-8,10-27H2,1H3,(H,66,89)(H,67,90)(H,68,111)(H,69,112)(H,70,113)(H,71,114)(H,72,115)(H,91,92)(H,116,117)/t28-,30?,31?,32?,33?,34?,35?,39?,40?,41?,42?,43?,44?,45?,46?,47?,48?,49?,50?,51?,52?,53?,54?,55?,56?,63?,64?,65?/m1/s1. The number of amides is 7. The minimum absolute atomic E-state index is 0.216. The molecule has 1 heterocycles. The molecule has 1 saturated heterocycles. The van der Waals surface area contributed by atoms with Crippen molar-refractivity contribution in [3.63, 3.8) is 0 Å². The number of carbonyl (C=O) groups is 10. The van der Waals surface area contributed by atoms with Crippen molar-refractivity contribution >= 4 is 59.1 Å². The molecular formula is C65H117N10O42. The number of hydrogen-bond donors (Lipinski definition) is 39. The fraction of sp³-hybridized carbons (Fsp3) is 0.815. The summed E-state index contributed by atoms with van der Waals surface area (Å²) >= 11 is 0. The van der Waals surface area contributed by atoms with E-state index in [1.807, 2.05) is 16.0 Å². The Morgan fingerprint density at radius 2 is 0.667 bits per heavy atom. The van der Waals surface area contributed by atoms with Crippen LogP contribution in [0.2, 0.25) is 0 Å². The number of aliphatic carboxylic acids is 2. The third kappa shape index (κ3) is 33.8. The van der Waals surface area contributed by atoms with E-state index in [9.17, 15) is 211 Å². The third-order valence-corrected chi connectivity index (χ3v) is 19.5. The van der Waals surface area contributed by atoms with Gasteiger partial charge in [0.05, 0.1) is 46.2 Å². The Bertz CT molecular complexity index is 2840. The predicted octanol–water partition coefficient (Wildman–Crippen LogP) is -23.7. The van der Waals surface area contributed by atoms with E-state index in [2.05, 4.69) is 21.3 Å². The van der Waals surface area contributed by atoms with Crippen LogP contribution in [-0.2, 0) is 47.9 Å². The lowest BCUT2D eigenvalue weighted by molar-refractivity contribution is -0.151. The smallest absolute Gasteiger partial charge is 0.320 e. The van der Waals surface area contributed by atoms with Crippen LogP contribution in [0.5, 0.6) is 0 Å². The molecule has 52 heteroatoms. The highest BCUT2D eigenvalue weighted by Gasteiger charge is 2.46. The Labute approximate surface area is 666 Å². The van der Waals surface area contributed by atoms with Gasteiger partial charge in [-0.05, 0) is 26.2 Å². The van der Waals surface area contributed by atoms with Crippen molar-refractivity contribution in [1.29, 1.82) is 0 Å². The van der Waals surface area contributed by atoms with Crippen LogP contribution < -0.4 is 37.2 Å². The fourth-order valence-electron chi connectivity index (χ4n) is 11.5. The van der Waals surface area contributed by atoms with Crippen LogP contribution in [0.15, 0.2) is 0 Å². The van der Waals surface area contributed by atoms with Gasteiger partial charge in [0.15, 0.2) is 36.3 Å². The van der Waals surface area contributed by atoms with E-state index < -0.39 is 359 Å². The van der Waals surface area contributed by atoms with E-state index >= 15 is 0 Å². The number of carboxylic acid groups (broad SMARTS) is 2. The first-order valence-corrected chi connectivity index (χ1v) is 36.1. The number of rotatable bonds is 59. The normalized spacial score (nSPS) is 22.0. The maximum atomic E-state index is 14.1. The fourth-order valence-corrected chi connectivity index (χ4v) is 11.5. The number of ketones is 1. The van der Waals surface area contributed by atoms with Crippen molar-refractivity contribution in [2.24, 2.45) is 10.8 Å². The number of aliphatic hydroxyl groups is 30. The largest absolute Gasteiger partial charge is 0.480 e. The minimum Gasteiger partial charge on any atom is -0.480 e. The lowest BCUT2D eigenvalue weighted by Gasteiger charge is -2.42. The first-order valence-electron chi connectivity index (χ1n) is 36.1. The number of aliphatic hydroxyl groups excluding tert-OH is 30. The highest BCUT2D eigenvalue weighted by molar-refractivity contribution is 5.85. The molecule has 3 radical (unpaired) electrons. The van der Waals surface area contributed by atoms with E-state index in [-0.39, 0.29) is 26.1 Å². The zero-order chi connectivity index (χ0) is 90.1. The maximum Gasteiger partial charge on any atom is 0.320 e. The highest BCUT2D eigenvalue weighted by Crippen LogP contribution is 2.28. The van der Waals surface area contributed by atoms with Gasteiger partial charge in [0.2, 0.25) is 11.8 Å². The third-order valence-electron chi connectivity index (χ3n) is 19.5. The summed E-state index contributed by atoms with van der Waals surface area (Å²) in [4.78, 5) is 138. The van der Waals surface area contributed by atoms with Crippen molar-refractivity contribution in [2.75, 3.05) is 118 Å². The molecule has 0 aromatic heterocycles. The van der Waals surface area contributed by atoms with Crippen LogP contribution in [0, 0.1) is 24.4 Å². The van der Waals surface area contributed by atoms with E-state index in [1.165, 1.54) is 23.3 Å². The number of nitrogens with one attached hydrogen (secondary N) is 7. The van der Waals surface area contributed by atoms with Gasteiger partial charge in [-0.15, -0.1) is 0 Å². The van der Waals surface area contributed by atoms with E-state index in [0.717, 1.165) is 4.90 Å². The van der Waals surface area contributed by atoms with Crippen LogP contribution in [0.3, 0.4) is 0 Å². The van der Waals surface area contributed by atoms with Crippen LogP contribution >= 0.6 is 0 Å². The Morgan fingerprint density at radius 1 is 0.385 bits per heavy atom. The first-order chi connectivity index (χ1) is 54.4. The average molecular weight is 1710 g/mol. The zero-order valence-electron chi connectivity index (χ0n) is 63.3. The van der Waals surface area contributed by atoms with Gasteiger partial charge in [0.25, 0.3) is 29.5 Å². The lowest BCUT2D eigenvalue weighted by Crippen LogP contribution is -2.61. The SMILES string of the molecule is [CH]N(CC(=O)O)C1(C)CN([CH]CCC(=O)NCC(CCC(=O)C(O)C(O)C(O)C(O)CO)(CNC(=O)C(O)C(O)C(O)C(O)CO)CNC(=O)C(O)C(O)C(O)C(O)CO)CCN([C@H](CCC(=O)NCC(CNC(=O)C(O)C(O)C(O)C(O)CO)(CNC(=O)C(O)C(O)C(O)C(O)CO)CNC(=O)C(O)C(O)C(O)C(O)CO)C(=O)O)C1. The van der Waals surface area contributed by atoms with Crippen molar-refractivity contribution < 1.29 is 211 Å². The Morgan fingerprint density at radius 3 is 0.966 bits per heavy atom. The second kappa shape index (κ2) is 52.0. The van der Waals surface area contributed by atoms with Crippen LogP contribution in [-0.4, -0.2) is 513 Å². The Balaban J connectivity index is 3.96. The zero-order valence-corrected chi connectivity index (χ0v) is 63.3. The number of nitrogens with zero attached hydrogens (tertiary/aromatic N) is 3. The Hall–Kier alpha value is -6.42. The summed E-state index contributed by atoms with van der Waals surface area (Å²) in [6.45, 7) is -14.1. The molecule has 25 unspecified atom stereocenters. The van der Waals surface area contributed by atoms with Crippen molar-refractivity contribution in [1.82, 2.24) is 51.9 Å². The molecule has 1 aliphatic heterocycles. The number of carboxylic acids is 2. The molecule has 1 rings (SSSR count). The summed E-state index contributed by atoms with van der Waals surface area (Å²) in [5.74, 6) is -14.9. The molecule has 1 aliphatic rings. The van der Waals surface area contributed by atoms with Crippen molar-refractivity contribution in [2.45, 2.75) is 204 Å². The Kier molecular flexibility index (Phi) is 48.3. The molecule has 117 heavy (non-hydrogen) atoms. The van der Waals surface area contributed by atoms with Crippen molar-refractivity contribution in [3.8, 4) is 0 Å². The molecule has 0 saturated carbocycles. The summed E-state index contributed by atoms with van der Waals surface area (Å²) < 4.78 is 0. The van der Waals surface area contributed by atoms with Gasteiger partial charge in [-0.2, -0.15) is 0 Å². The second-order valence-corrected chi connectivity index (χ2v) is 28.7. The molecule has 39 N–H and O–H groups in total. The van der Waals surface area contributed by atoms with Crippen LogP contribution in [0.25, 0.3) is 0 Å². The molecular weight excluding hydrogens is 1590 g/mol. The van der Waals surface area contributed by atoms with Gasteiger partial charge >= 0.3 is 11.9 Å². The number of hydrogen-bond acceptors (Lipinski definition) is 43.